The number of carbonyl (C=O) groups excluding carboxylic acids is 2. The van der Waals surface area contributed by atoms with Crippen LogP contribution in [-0.2, 0) is 26.2 Å². The molecule has 2 aromatic rings. The molecule has 0 saturated heterocycles. The van der Waals surface area contributed by atoms with Gasteiger partial charge in [-0.1, -0.05) is 55.5 Å². The van der Waals surface area contributed by atoms with Crippen LogP contribution in [0.25, 0.3) is 0 Å². The predicted molar refractivity (Wildman–Crippen MR) is 132 cm³/mol. The molecule has 8 heteroatoms. The Morgan fingerprint density at radius 3 is 2.06 bits per heavy atom. The molecule has 7 nitrogen and oxygen atoms in total. The minimum atomic E-state index is -3.49. The summed E-state index contributed by atoms with van der Waals surface area (Å²) in [6.45, 7) is 6.16. The topological polar surface area (TPSA) is 86.8 Å². The predicted octanol–water partition coefficient (Wildman–Crippen LogP) is 3.56. The third-order valence-electron chi connectivity index (χ3n) is 5.21. The lowest BCUT2D eigenvalue weighted by Gasteiger charge is -2.31. The van der Waals surface area contributed by atoms with Gasteiger partial charge in [-0.15, -0.1) is 0 Å². The van der Waals surface area contributed by atoms with Gasteiger partial charge in [0.25, 0.3) is 0 Å². The van der Waals surface area contributed by atoms with Gasteiger partial charge in [-0.25, -0.2) is 8.42 Å². The van der Waals surface area contributed by atoms with Crippen molar-refractivity contribution in [2.75, 3.05) is 17.1 Å². The van der Waals surface area contributed by atoms with Crippen molar-refractivity contribution >= 4 is 27.5 Å². The molecule has 0 aliphatic carbocycles. The van der Waals surface area contributed by atoms with E-state index in [9.17, 15) is 18.0 Å². The first-order valence-corrected chi connectivity index (χ1v) is 13.1. The van der Waals surface area contributed by atoms with Crippen LogP contribution in [0.1, 0.15) is 45.6 Å². The number of sulfonamides is 1. The molecule has 1 atom stereocenters. The molecule has 33 heavy (non-hydrogen) atoms. The summed E-state index contributed by atoms with van der Waals surface area (Å²) in [6.07, 6.45) is 2.12. The molecule has 2 amide bonds. The Labute approximate surface area is 197 Å². The highest BCUT2D eigenvalue weighted by Gasteiger charge is 2.29. The zero-order valence-corrected chi connectivity index (χ0v) is 20.7. The first kappa shape index (κ1) is 26.4. The van der Waals surface area contributed by atoms with Crippen LogP contribution in [0.2, 0.25) is 0 Å². The molecule has 0 unspecified atom stereocenters. The smallest absolute Gasteiger partial charge is 0.243 e. The molecule has 0 fully saturated rings. The summed E-state index contributed by atoms with van der Waals surface area (Å²) < 4.78 is 25.9. The maximum Gasteiger partial charge on any atom is 0.243 e. The lowest BCUT2D eigenvalue weighted by Crippen LogP contribution is -2.50. The van der Waals surface area contributed by atoms with Gasteiger partial charge < -0.3 is 10.2 Å². The van der Waals surface area contributed by atoms with Crippen LogP contribution in [0.15, 0.2) is 60.7 Å². The SMILES string of the molecule is CC[C@H](C(=O)NC(C)C)N(Cc1ccccc1)C(=O)CCCN(c1ccccc1)S(C)(=O)=O. The maximum absolute atomic E-state index is 13.3. The monoisotopic (exact) mass is 473 g/mol. The zero-order chi connectivity index (χ0) is 24.4. The molecule has 0 aromatic heterocycles. The van der Waals surface area contributed by atoms with E-state index in [1.54, 1.807) is 29.2 Å². The summed E-state index contributed by atoms with van der Waals surface area (Å²) >= 11 is 0. The summed E-state index contributed by atoms with van der Waals surface area (Å²) in [5, 5.41) is 2.91. The molecular weight excluding hydrogens is 438 g/mol. The van der Waals surface area contributed by atoms with E-state index in [2.05, 4.69) is 5.32 Å². The van der Waals surface area contributed by atoms with Crippen molar-refractivity contribution in [2.24, 2.45) is 0 Å². The molecule has 2 aromatic carbocycles. The van der Waals surface area contributed by atoms with E-state index in [1.165, 1.54) is 4.31 Å². The Morgan fingerprint density at radius 2 is 1.55 bits per heavy atom. The third-order valence-corrected chi connectivity index (χ3v) is 6.40. The highest BCUT2D eigenvalue weighted by Crippen LogP contribution is 2.19. The lowest BCUT2D eigenvalue weighted by atomic mass is 10.1. The molecule has 180 valence electrons. The second-order valence-corrected chi connectivity index (χ2v) is 10.3. The van der Waals surface area contributed by atoms with E-state index in [4.69, 9.17) is 0 Å². The third kappa shape index (κ3) is 8.20. The molecule has 0 aliphatic heterocycles. The van der Waals surface area contributed by atoms with Gasteiger partial charge in [0.15, 0.2) is 0 Å². The average Bonchev–Trinajstić information content (AvgIpc) is 2.76. The summed E-state index contributed by atoms with van der Waals surface area (Å²) in [5.41, 5.74) is 1.50. The molecule has 1 N–H and O–H groups in total. The molecule has 0 heterocycles. The van der Waals surface area contributed by atoms with Crippen LogP contribution in [-0.4, -0.2) is 50.0 Å². The molecule has 0 saturated carbocycles. The Hall–Kier alpha value is -2.87. The number of hydrogen-bond donors (Lipinski definition) is 1. The molecule has 0 spiro atoms. The molecule has 0 aliphatic rings. The van der Waals surface area contributed by atoms with Crippen LogP contribution in [0, 0.1) is 0 Å². The van der Waals surface area contributed by atoms with Crippen molar-refractivity contribution in [3.63, 3.8) is 0 Å². The van der Waals surface area contributed by atoms with Gasteiger partial charge in [0.05, 0.1) is 11.9 Å². The van der Waals surface area contributed by atoms with Crippen LogP contribution < -0.4 is 9.62 Å². The molecule has 2 rings (SSSR count). The minimum absolute atomic E-state index is 0.0329. The summed E-state index contributed by atoms with van der Waals surface area (Å²) in [4.78, 5) is 27.7. The van der Waals surface area contributed by atoms with Crippen LogP contribution in [0.5, 0.6) is 0 Å². The molecule has 0 bridgehead atoms. The number of carbonyl (C=O) groups is 2. The van der Waals surface area contributed by atoms with Crippen molar-refractivity contribution in [3.05, 3.63) is 66.2 Å². The van der Waals surface area contributed by atoms with Gasteiger partial charge in [0.2, 0.25) is 21.8 Å². The van der Waals surface area contributed by atoms with Crippen LogP contribution in [0.3, 0.4) is 0 Å². The van der Waals surface area contributed by atoms with E-state index >= 15 is 0 Å². The highest BCUT2D eigenvalue weighted by molar-refractivity contribution is 7.92. The standard InChI is InChI=1S/C25H35N3O4S/c1-5-23(25(30)26-20(2)3)27(19-21-13-8-6-9-14-21)24(29)17-12-18-28(33(4,31)32)22-15-10-7-11-16-22/h6-11,13-16,20,23H,5,12,17-19H2,1-4H3,(H,26,30)/t23-/m1/s1. The number of amides is 2. The Kier molecular flexibility index (Phi) is 9.91. The summed E-state index contributed by atoms with van der Waals surface area (Å²) in [5.74, 6) is -0.357. The molecule has 0 radical (unpaired) electrons. The second kappa shape index (κ2) is 12.4. The highest BCUT2D eigenvalue weighted by atomic mass is 32.2. The number of nitrogens with one attached hydrogen (secondary N) is 1. The number of benzene rings is 2. The van der Waals surface area contributed by atoms with Crippen molar-refractivity contribution in [2.45, 2.75) is 58.7 Å². The lowest BCUT2D eigenvalue weighted by molar-refractivity contribution is -0.141. The number of para-hydroxylation sites is 1. The zero-order valence-electron chi connectivity index (χ0n) is 19.9. The number of hydrogen-bond acceptors (Lipinski definition) is 4. The maximum atomic E-state index is 13.3. The first-order chi connectivity index (χ1) is 15.6. The summed E-state index contributed by atoms with van der Waals surface area (Å²) in [6, 6.07) is 17.8. The fourth-order valence-corrected chi connectivity index (χ4v) is 4.64. The fraction of sp³-hybridized carbons (Fsp3) is 0.440. The number of nitrogens with zero attached hydrogens (tertiary/aromatic N) is 2. The van der Waals surface area contributed by atoms with Crippen molar-refractivity contribution < 1.29 is 18.0 Å². The molecular formula is C25H35N3O4S. The van der Waals surface area contributed by atoms with E-state index in [-0.39, 0.29) is 30.8 Å². The Morgan fingerprint density at radius 1 is 0.970 bits per heavy atom. The number of anilines is 1. The van der Waals surface area contributed by atoms with Crippen molar-refractivity contribution in [3.8, 4) is 0 Å². The Balaban J connectivity index is 2.17. The first-order valence-electron chi connectivity index (χ1n) is 11.3. The quantitative estimate of drug-likeness (QED) is 0.511. The van der Waals surface area contributed by atoms with Crippen molar-refractivity contribution in [1.82, 2.24) is 10.2 Å². The van der Waals surface area contributed by atoms with E-state index < -0.39 is 16.1 Å². The van der Waals surface area contributed by atoms with E-state index in [0.717, 1.165) is 11.8 Å². The van der Waals surface area contributed by atoms with E-state index in [0.29, 0.717) is 25.1 Å². The summed E-state index contributed by atoms with van der Waals surface area (Å²) in [7, 11) is -3.49. The van der Waals surface area contributed by atoms with E-state index in [1.807, 2.05) is 57.2 Å². The Bertz CT molecular complexity index is 995. The van der Waals surface area contributed by atoms with Gasteiger partial charge in [-0.3, -0.25) is 13.9 Å². The van der Waals surface area contributed by atoms with Gasteiger partial charge in [-0.2, -0.15) is 0 Å². The van der Waals surface area contributed by atoms with Crippen LogP contribution >= 0.6 is 0 Å². The van der Waals surface area contributed by atoms with Gasteiger partial charge in [-0.05, 0) is 44.4 Å². The van der Waals surface area contributed by atoms with Gasteiger partial charge >= 0.3 is 0 Å². The average molecular weight is 474 g/mol. The normalized spacial score (nSPS) is 12.3. The van der Waals surface area contributed by atoms with Gasteiger partial charge in [0, 0.05) is 25.6 Å². The van der Waals surface area contributed by atoms with Crippen LogP contribution in [0.4, 0.5) is 5.69 Å². The number of rotatable bonds is 12. The fourth-order valence-electron chi connectivity index (χ4n) is 3.68. The second-order valence-electron chi connectivity index (χ2n) is 8.37. The van der Waals surface area contributed by atoms with Gasteiger partial charge in [0.1, 0.15) is 6.04 Å². The van der Waals surface area contributed by atoms with Crippen molar-refractivity contribution in [1.29, 1.82) is 0 Å². The minimum Gasteiger partial charge on any atom is -0.352 e. The largest absolute Gasteiger partial charge is 0.352 e.